The van der Waals surface area contributed by atoms with Gasteiger partial charge in [-0.3, -0.25) is 4.79 Å². The number of carbonyl (C=O) groups excluding carboxylic acids is 2. The molecule has 2 atom stereocenters. The average molecular weight is 394 g/mol. The highest BCUT2D eigenvalue weighted by molar-refractivity contribution is 5.88. The molecular formula is C24H26O5. The monoisotopic (exact) mass is 394 g/mol. The number of allylic oxidation sites excluding steroid dienone is 1. The van der Waals surface area contributed by atoms with Gasteiger partial charge in [0.2, 0.25) is 0 Å². The summed E-state index contributed by atoms with van der Waals surface area (Å²) in [5.41, 5.74) is 1.11. The second-order valence-electron chi connectivity index (χ2n) is 7.84. The molecule has 0 amide bonds. The van der Waals surface area contributed by atoms with Crippen molar-refractivity contribution in [2.75, 3.05) is 7.11 Å². The molecule has 0 N–H and O–H groups in total. The summed E-state index contributed by atoms with van der Waals surface area (Å²) in [5.74, 6) is 0.481. The molecule has 0 aromatic heterocycles. The highest BCUT2D eigenvalue weighted by atomic mass is 16.5. The Morgan fingerprint density at radius 2 is 1.72 bits per heavy atom. The molecule has 1 saturated carbocycles. The molecule has 0 saturated heterocycles. The summed E-state index contributed by atoms with van der Waals surface area (Å²) in [7, 11) is 1.35. The van der Waals surface area contributed by atoms with Gasteiger partial charge in [0.1, 0.15) is 18.1 Å². The maximum atomic E-state index is 12.6. The molecule has 0 aliphatic heterocycles. The van der Waals surface area contributed by atoms with E-state index in [1.54, 1.807) is 6.92 Å². The number of benzene rings is 2. The molecule has 1 fully saturated rings. The molecule has 2 aromatic rings. The fourth-order valence-corrected chi connectivity index (χ4v) is 3.50. The standard InChI is InChI=1S/C24H26O5/c1-16(22(25)27-4)13-20-21(24(20,2)3)23(26)28-15-17-9-8-12-19(14-17)29-18-10-6-5-7-11-18/h5-14,20-21H,15H2,1-4H3/b16-13-. The van der Waals surface area contributed by atoms with Crippen LogP contribution < -0.4 is 4.74 Å². The first-order valence-corrected chi connectivity index (χ1v) is 9.58. The van der Waals surface area contributed by atoms with Gasteiger partial charge in [-0.2, -0.15) is 0 Å². The van der Waals surface area contributed by atoms with Crippen molar-refractivity contribution < 1.29 is 23.8 Å². The molecule has 29 heavy (non-hydrogen) atoms. The smallest absolute Gasteiger partial charge is 0.333 e. The first-order chi connectivity index (χ1) is 13.8. The SMILES string of the molecule is COC(=O)/C(C)=C\C1C(C(=O)OCc2cccc(Oc3ccccc3)c2)C1(C)C. The largest absolute Gasteiger partial charge is 0.466 e. The van der Waals surface area contributed by atoms with E-state index in [0.717, 1.165) is 11.3 Å². The topological polar surface area (TPSA) is 61.8 Å². The second-order valence-corrected chi connectivity index (χ2v) is 7.84. The number of carbonyl (C=O) groups is 2. The van der Waals surface area contributed by atoms with Gasteiger partial charge in [-0.15, -0.1) is 0 Å². The number of ether oxygens (including phenoxy) is 3. The van der Waals surface area contributed by atoms with Crippen LogP contribution in [0.25, 0.3) is 0 Å². The highest BCUT2D eigenvalue weighted by Crippen LogP contribution is 2.59. The Kier molecular flexibility index (Phi) is 6.06. The summed E-state index contributed by atoms with van der Waals surface area (Å²) in [6.07, 6.45) is 1.81. The van der Waals surface area contributed by atoms with Crippen LogP contribution in [0.5, 0.6) is 11.5 Å². The van der Waals surface area contributed by atoms with Crippen LogP contribution in [0.15, 0.2) is 66.2 Å². The third-order valence-electron chi connectivity index (χ3n) is 5.36. The summed E-state index contributed by atoms with van der Waals surface area (Å²) >= 11 is 0. The van der Waals surface area contributed by atoms with Crippen LogP contribution in [0.4, 0.5) is 0 Å². The van der Waals surface area contributed by atoms with Crippen LogP contribution >= 0.6 is 0 Å². The predicted molar refractivity (Wildman–Crippen MR) is 109 cm³/mol. The zero-order chi connectivity index (χ0) is 21.0. The Hall–Kier alpha value is -3.08. The lowest BCUT2D eigenvalue weighted by molar-refractivity contribution is -0.147. The van der Waals surface area contributed by atoms with Crippen LogP contribution in [-0.2, 0) is 25.7 Å². The number of methoxy groups -OCH3 is 1. The number of esters is 2. The molecule has 0 heterocycles. The molecule has 1 aliphatic carbocycles. The van der Waals surface area contributed by atoms with E-state index >= 15 is 0 Å². The lowest BCUT2D eigenvalue weighted by Crippen LogP contribution is -2.10. The molecule has 0 radical (unpaired) electrons. The minimum absolute atomic E-state index is 0.0400. The molecule has 0 bridgehead atoms. The number of hydrogen-bond donors (Lipinski definition) is 0. The Labute approximate surface area is 171 Å². The van der Waals surface area contributed by atoms with Gasteiger partial charge in [0, 0.05) is 5.57 Å². The predicted octanol–water partition coefficient (Wildman–Crippen LogP) is 4.91. The first-order valence-electron chi connectivity index (χ1n) is 9.58. The van der Waals surface area contributed by atoms with Crippen molar-refractivity contribution in [3.63, 3.8) is 0 Å². The normalized spacial score (nSPS) is 19.9. The van der Waals surface area contributed by atoms with E-state index in [1.165, 1.54) is 7.11 Å². The number of hydrogen-bond acceptors (Lipinski definition) is 5. The van der Waals surface area contributed by atoms with Gasteiger partial charge in [-0.25, -0.2) is 4.79 Å². The third kappa shape index (κ3) is 4.86. The molecule has 1 aliphatic rings. The van der Waals surface area contributed by atoms with E-state index in [2.05, 4.69) is 0 Å². The Bertz CT molecular complexity index is 914. The lowest BCUT2D eigenvalue weighted by Gasteiger charge is -2.09. The van der Waals surface area contributed by atoms with Crippen molar-refractivity contribution in [1.82, 2.24) is 0 Å². The van der Waals surface area contributed by atoms with Gasteiger partial charge in [0.05, 0.1) is 13.0 Å². The van der Waals surface area contributed by atoms with Gasteiger partial charge in [-0.05, 0) is 48.1 Å². The lowest BCUT2D eigenvalue weighted by atomic mass is 10.1. The van der Waals surface area contributed by atoms with Gasteiger partial charge in [-0.1, -0.05) is 50.3 Å². The fraction of sp³-hybridized carbons (Fsp3) is 0.333. The molecule has 0 spiro atoms. The molecule has 3 rings (SSSR count). The zero-order valence-corrected chi connectivity index (χ0v) is 17.2. The minimum atomic E-state index is -0.380. The quantitative estimate of drug-likeness (QED) is 0.493. The van der Waals surface area contributed by atoms with E-state index in [0.29, 0.717) is 11.3 Å². The molecule has 2 aromatic carbocycles. The van der Waals surface area contributed by atoms with Crippen LogP contribution in [0.1, 0.15) is 26.3 Å². The van der Waals surface area contributed by atoms with Crippen molar-refractivity contribution >= 4 is 11.9 Å². The Balaban J connectivity index is 1.59. The van der Waals surface area contributed by atoms with Crippen LogP contribution in [0, 0.1) is 17.3 Å². The van der Waals surface area contributed by atoms with Gasteiger partial charge in [0.15, 0.2) is 0 Å². The van der Waals surface area contributed by atoms with E-state index in [-0.39, 0.29) is 35.8 Å². The fourth-order valence-electron chi connectivity index (χ4n) is 3.50. The van der Waals surface area contributed by atoms with Gasteiger partial charge in [0.25, 0.3) is 0 Å². The Morgan fingerprint density at radius 3 is 2.41 bits per heavy atom. The van der Waals surface area contributed by atoms with Crippen molar-refractivity contribution in [2.24, 2.45) is 17.3 Å². The molecule has 2 unspecified atom stereocenters. The van der Waals surface area contributed by atoms with E-state index < -0.39 is 0 Å². The second kappa shape index (κ2) is 8.52. The third-order valence-corrected chi connectivity index (χ3v) is 5.36. The van der Waals surface area contributed by atoms with E-state index in [9.17, 15) is 9.59 Å². The van der Waals surface area contributed by atoms with E-state index in [1.807, 2.05) is 74.5 Å². The zero-order valence-electron chi connectivity index (χ0n) is 17.2. The van der Waals surface area contributed by atoms with Crippen molar-refractivity contribution in [3.05, 3.63) is 71.8 Å². The average Bonchev–Trinajstić information content (AvgIpc) is 3.26. The number of rotatable bonds is 7. The van der Waals surface area contributed by atoms with Gasteiger partial charge < -0.3 is 14.2 Å². The summed E-state index contributed by atoms with van der Waals surface area (Å²) in [4.78, 5) is 24.2. The van der Waals surface area contributed by atoms with Crippen molar-refractivity contribution in [3.8, 4) is 11.5 Å². The molecular weight excluding hydrogens is 368 g/mol. The first kappa shape index (κ1) is 20.6. The van der Waals surface area contributed by atoms with Crippen molar-refractivity contribution in [2.45, 2.75) is 27.4 Å². The summed E-state index contributed by atoms with van der Waals surface area (Å²) in [5, 5.41) is 0. The molecule has 152 valence electrons. The van der Waals surface area contributed by atoms with Crippen LogP contribution in [0.2, 0.25) is 0 Å². The Morgan fingerprint density at radius 1 is 1.03 bits per heavy atom. The van der Waals surface area contributed by atoms with Gasteiger partial charge >= 0.3 is 11.9 Å². The number of para-hydroxylation sites is 1. The summed E-state index contributed by atoms with van der Waals surface area (Å²) in [6, 6.07) is 17.0. The highest BCUT2D eigenvalue weighted by Gasteiger charge is 2.61. The maximum Gasteiger partial charge on any atom is 0.333 e. The summed E-state index contributed by atoms with van der Waals surface area (Å²) in [6.45, 7) is 5.86. The van der Waals surface area contributed by atoms with E-state index in [4.69, 9.17) is 14.2 Å². The summed E-state index contributed by atoms with van der Waals surface area (Å²) < 4.78 is 16.1. The minimum Gasteiger partial charge on any atom is -0.466 e. The molecule has 5 nitrogen and oxygen atoms in total. The molecule has 5 heteroatoms. The van der Waals surface area contributed by atoms with Crippen LogP contribution in [-0.4, -0.2) is 19.0 Å². The maximum absolute atomic E-state index is 12.6. The van der Waals surface area contributed by atoms with Crippen molar-refractivity contribution in [1.29, 1.82) is 0 Å². The van der Waals surface area contributed by atoms with Crippen LogP contribution in [0.3, 0.4) is 0 Å².